The molecule has 7 heavy (non-hydrogen) atoms. The molecule has 0 spiro atoms. The third kappa shape index (κ3) is 2.83. The van der Waals surface area contributed by atoms with Gasteiger partial charge in [-0.3, -0.25) is 0 Å². The van der Waals surface area contributed by atoms with Crippen molar-refractivity contribution in [2.75, 3.05) is 0 Å². The van der Waals surface area contributed by atoms with Crippen LogP contribution in [0.3, 0.4) is 0 Å². The second-order valence-electron chi connectivity index (χ2n) is 1.39. The number of halogens is 1. The number of nitrogens with two attached hydrogens (primary N) is 1. The molecule has 0 aromatic rings. The topological polar surface area (TPSA) is 49.8 Å². The van der Waals surface area contributed by atoms with Crippen molar-refractivity contribution < 1.29 is 0 Å². The lowest BCUT2D eigenvalue weighted by Crippen LogP contribution is -2.24. The molecule has 0 rings (SSSR count). The number of nitriles is 1. The van der Waals surface area contributed by atoms with Crippen LogP contribution in [0.4, 0.5) is 0 Å². The minimum absolute atomic E-state index is 0.00870. The predicted octanol–water partition coefficient (Wildman–Crippen LogP) is 0.661. The Kier molecular flexibility index (Phi) is 3.30. The molecule has 0 aliphatic carbocycles. The maximum atomic E-state index is 8.17. The van der Waals surface area contributed by atoms with Crippen LogP contribution < -0.4 is 5.73 Å². The summed E-state index contributed by atoms with van der Waals surface area (Å²) in [6, 6.07) is 2.02. The summed E-state index contributed by atoms with van der Waals surface area (Å²) in [6.45, 7) is 1.82. The summed E-state index contributed by atoms with van der Waals surface area (Å²) in [6.07, 6.45) is 0. The van der Waals surface area contributed by atoms with Crippen molar-refractivity contribution in [2.45, 2.75) is 16.9 Å². The van der Waals surface area contributed by atoms with Gasteiger partial charge in [0.1, 0.15) is 3.92 Å². The molecule has 0 amide bonds. The fraction of sp³-hybridized carbons (Fsp3) is 0.750. The van der Waals surface area contributed by atoms with Crippen LogP contribution in [0.15, 0.2) is 0 Å². The molecule has 0 aliphatic rings. The van der Waals surface area contributed by atoms with Crippen molar-refractivity contribution in [3.8, 4) is 6.07 Å². The summed E-state index contributed by atoms with van der Waals surface area (Å²) in [7, 11) is 0. The Labute approximate surface area is 56.8 Å². The molecule has 2 nitrogen and oxygen atoms in total. The molecule has 0 aromatic carbocycles. The van der Waals surface area contributed by atoms with Crippen LogP contribution >= 0.6 is 22.6 Å². The van der Waals surface area contributed by atoms with E-state index in [2.05, 4.69) is 0 Å². The third-order valence-electron chi connectivity index (χ3n) is 0.585. The first-order chi connectivity index (χ1) is 3.18. The summed E-state index contributed by atoms with van der Waals surface area (Å²) in [5.74, 6) is 0. The molecular weight excluding hydrogens is 203 g/mol. The lowest BCUT2D eigenvalue weighted by atomic mass is 10.3. The van der Waals surface area contributed by atoms with E-state index in [-0.39, 0.29) is 9.97 Å². The molecule has 0 fully saturated rings. The molecule has 0 heterocycles. The van der Waals surface area contributed by atoms with Crippen LogP contribution in [0.1, 0.15) is 6.92 Å². The number of rotatable bonds is 1. The summed E-state index contributed by atoms with van der Waals surface area (Å²) >= 11 is 2.01. The van der Waals surface area contributed by atoms with Gasteiger partial charge in [0.05, 0.1) is 6.07 Å². The second-order valence-corrected chi connectivity index (χ2v) is 2.73. The highest BCUT2D eigenvalue weighted by molar-refractivity contribution is 14.1. The van der Waals surface area contributed by atoms with Crippen LogP contribution in [-0.2, 0) is 0 Å². The van der Waals surface area contributed by atoms with Gasteiger partial charge in [0.15, 0.2) is 0 Å². The third-order valence-corrected chi connectivity index (χ3v) is 2.00. The lowest BCUT2D eigenvalue weighted by Gasteiger charge is -2.01. The zero-order chi connectivity index (χ0) is 5.86. The van der Waals surface area contributed by atoms with E-state index in [1.807, 2.05) is 35.6 Å². The average Bonchev–Trinajstić information content (AvgIpc) is 1.65. The van der Waals surface area contributed by atoms with Gasteiger partial charge in [0, 0.05) is 6.04 Å². The first-order valence-corrected chi connectivity index (χ1v) is 3.22. The average molecular weight is 210 g/mol. The normalized spacial score (nSPS) is 17.4. The van der Waals surface area contributed by atoms with E-state index in [1.54, 1.807) is 0 Å². The molecular formula is C4H7IN2. The second kappa shape index (κ2) is 3.22. The largest absolute Gasteiger partial charge is 0.326 e. The van der Waals surface area contributed by atoms with Crippen molar-refractivity contribution in [2.24, 2.45) is 5.73 Å². The van der Waals surface area contributed by atoms with Gasteiger partial charge < -0.3 is 5.73 Å². The first-order valence-electron chi connectivity index (χ1n) is 1.97. The quantitative estimate of drug-likeness (QED) is 0.510. The Morgan fingerprint density at radius 2 is 2.29 bits per heavy atom. The van der Waals surface area contributed by atoms with Gasteiger partial charge in [0.25, 0.3) is 0 Å². The van der Waals surface area contributed by atoms with Crippen molar-refractivity contribution in [3.05, 3.63) is 0 Å². The highest BCUT2D eigenvalue weighted by atomic mass is 127. The maximum absolute atomic E-state index is 8.17. The van der Waals surface area contributed by atoms with Crippen LogP contribution in [0.5, 0.6) is 0 Å². The van der Waals surface area contributed by atoms with Gasteiger partial charge in [0.2, 0.25) is 0 Å². The Bertz CT molecular complexity index is 84.2. The van der Waals surface area contributed by atoms with Gasteiger partial charge in [-0.1, -0.05) is 22.6 Å². The van der Waals surface area contributed by atoms with Crippen molar-refractivity contribution in [1.82, 2.24) is 0 Å². The predicted molar refractivity (Wildman–Crippen MR) is 37.1 cm³/mol. The van der Waals surface area contributed by atoms with E-state index in [9.17, 15) is 0 Å². The summed E-state index contributed by atoms with van der Waals surface area (Å²) in [5, 5.41) is 8.17. The summed E-state index contributed by atoms with van der Waals surface area (Å²) < 4.78 is -0.0439. The van der Waals surface area contributed by atoms with E-state index in [0.29, 0.717) is 0 Å². The van der Waals surface area contributed by atoms with E-state index >= 15 is 0 Å². The standard InChI is InChI=1S/C4H7IN2/c1-3(7)4(5)2-6/h3-4H,7H2,1H3/t3-,4+/m0/s1. The van der Waals surface area contributed by atoms with Crippen LogP contribution in [0.25, 0.3) is 0 Å². The highest BCUT2D eigenvalue weighted by Gasteiger charge is 2.04. The van der Waals surface area contributed by atoms with Crippen molar-refractivity contribution in [3.63, 3.8) is 0 Å². The first kappa shape index (κ1) is 7.18. The minimum Gasteiger partial charge on any atom is -0.326 e. The Morgan fingerprint density at radius 1 is 1.86 bits per heavy atom. The minimum atomic E-state index is -0.0439. The lowest BCUT2D eigenvalue weighted by molar-refractivity contribution is 0.796. The van der Waals surface area contributed by atoms with Crippen molar-refractivity contribution >= 4 is 22.6 Å². The molecule has 0 saturated carbocycles. The SMILES string of the molecule is C[C@H](N)[C@H](I)C#N. The van der Waals surface area contributed by atoms with Crippen molar-refractivity contribution in [1.29, 1.82) is 5.26 Å². The maximum Gasteiger partial charge on any atom is 0.113 e. The van der Waals surface area contributed by atoms with E-state index in [4.69, 9.17) is 11.0 Å². The zero-order valence-corrected chi connectivity index (χ0v) is 6.21. The molecule has 0 bridgehead atoms. The highest BCUT2D eigenvalue weighted by Crippen LogP contribution is 2.00. The van der Waals surface area contributed by atoms with Gasteiger partial charge in [-0.25, -0.2) is 0 Å². The zero-order valence-electron chi connectivity index (χ0n) is 4.06. The molecule has 0 aliphatic heterocycles. The monoisotopic (exact) mass is 210 g/mol. The van der Waals surface area contributed by atoms with Crippen LogP contribution in [0, 0.1) is 11.3 Å². The molecule has 0 aromatic heterocycles. The Hall–Kier alpha value is 0.180. The molecule has 40 valence electrons. The molecule has 0 saturated heterocycles. The number of alkyl halides is 1. The van der Waals surface area contributed by atoms with Gasteiger partial charge in [-0.15, -0.1) is 0 Å². The Balaban J connectivity index is 3.40. The summed E-state index contributed by atoms with van der Waals surface area (Å²) in [5.41, 5.74) is 5.32. The number of hydrogen-bond acceptors (Lipinski definition) is 2. The van der Waals surface area contributed by atoms with E-state index in [1.165, 1.54) is 0 Å². The number of hydrogen-bond donors (Lipinski definition) is 1. The molecule has 2 N–H and O–H groups in total. The molecule has 0 unspecified atom stereocenters. The fourth-order valence-corrected chi connectivity index (χ4v) is 0.118. The van der Waals surface area contributed by atoms with Gasteiger partial charge >= 0.3 is 0 Å². The summed E-state index contributed by atoms with van der Waals surface area (Å²) in [4.78, 5) is 0. The molecule has 2 atom stereocenters. The van der Waals surface area contributed by atoms with Gasteiger partial charge in [-0.05, 0) is 6.92 Å². The van der Waals surface area contributed by atoms with Crippen LogP contribution in [-0.4, -0.2) is 9.97 Å². The fourth-order valence-electron chi connectivity index (χ4n) is 0.118. The smallest absolute Gasteiger partial charge is 0.113 e. The van der Waals surface area contributed by atoms with E-state index in [0.717, 1.165) is 0 Å². The molecule has 0 radical (unpaired) electrons. The molecule has 3 heteroatoms. The Morgan fingerprint density at radius 3 is 2.29 bits per heavy atom. The van der Waals surface area contributed by atoms with Crippen LogP contribution in [0.2, 0.25) is 0 Å². The van der Waals surface area contributed by atoms with Gasteiger partial charge in [-0.2, -0.15) is 5.26 Å². The number of nitrogens with zero attached hydrogens (tertiary/aromatic N) is 1. The van der Waals surface area contributed by atoms with E-state index < -0.39 is 0 Å².